The van der Waals surface area contributed by atoms with Crippen molar-refractivity contribution in [3.05, 3.63) is 58.4 Å². The Kier molecular flexibility index (Phi) is 6.99. The second kappa shape index (κ2) is 9.00. The van der Waals surface area contributed by atoms with Gasteiger partial charge in [0, 0.05) is 25.5 Å². The fourth-order valence-corrected chi connectivity index (χ4v) is 3.51. The quantitative estimate of drug-likeness (QED) is 0.447. The first kappa shape index (κ1) is 20.2. The number of benzene rings is 1. The molecule has 0 unspecified atom stereocenters. The van der Waals surface area contributed by atoms with E-state index in [1.807, 2.05) is 25.1 Å². The molecular formula is C18H23ClN4O2S. The SMILES string of the molecule is CCNC(=NCc1ccc(Cl)nc1)NCc1ccc(S(C)(=O)=O)c(C)c1. The van der Waals surface area contributed by atoms with E-state index < -0.39 is 9.84 Å². The molecule has 26 heavy (non-hydrogen) atoms. The summed E-state index contributed by atoms with van der Waals surface area (Å²) in [6, 6.07) is 8.94. The number of aliphatic imine (C=N–C) groups is 1. The lowest BCUT2D eigenvalue weighted by molar-refractivity contribution is 0.601. The van der Waals surface area contributed by atoms with Crippen molar-refractivity contribution in [2.75, 3.05) is 12.8 Å². The van der Waals surface area contributed by atoms with Crippen LogP contribution >= 0.6 is 11.6 Å². The number of rotatable bonds is 6. The fourth-order valence-electron chi connectivity index (χ4n) is 2.44. The fraction of sp³-hybridized carbons (Fsp3) is 0.333. The summed E-state index contributed by atoms with van der Waals surface area (Å²) in [6.07, 6.45) is 2.91. The summed E-state index contributed by atoms with van der Waals surface area (Å²) in [4.78, 5) is 8.92. The Morgan fingerprint density at radius 2 is 1.92 bits per heavy atom. The van der Waals surface area contributed by atoms with Crippen molar-refractivity contribution in [3.63, 3.8) is 0 Å². The molecule has 0 radical (unpaired) electrons. The molecule has 0 amide bonds. The van der Waals surface area contributed by atoms with Crippen molar-refractivity contribution in [2.45, 2.75) is 31.8 Å². The monoisotopic (exact) mass is 394 g/mol. The molecule has 140 valence electrons. The first-order valence-electron chi connectivity index (χ1n) is 8.22. The van der Waals surface area contributed by atoms with Gasteiger partial charge in [-0.05, 0) is 42.7 Å². The molecule has 0 saturated heterocycles. The molecule has 0 atom stereocenters. The molecule has 0 saturated carbocycles. The molecule has 0 bridgehead atoms. The highest BCUT2D eigenvalue weighted by Gasteiger charge is 2.11. The molecule has 0 aliphatic rings. The highest BCUT2D eigenvalue weighted by molar-refractivity contribution is 7.90. The van der Waals surface area contributed by atoms with E-state index >= 15 is 0 Å². The van der Waals surface area contributed by atoms with E-state index in [1.54, 1.807) is 25.3 Å². The number of sulfone groups is 1. The minimum atomic E-state index is -3.20. The van der Waals surface area contributed by atoms with Crippen LogP contribution in [0.4, 0.5) is 0 Å². The van der Waals surface area contributed by atoms with E-state index in [0.717, 1.165) is 23.2 Å². The topological polar surface area (TPSA) is 83.4 Å². The van der Waals surface area contributed by atoms with Gasteiger partial charge in [0.05, 0.1) is 11.4 Å². The zero-order chi connectivity index (χ0) is 19.2. The lowest BCUT2D eigenvalue weighted by atomic mass is 10.1. The van der Waals surface area contributed by atoms with Gasteiger partial charge >= 0.3 is 0 Å². The van der Waals surface area contributed by atoms with Crippen molar-refractivity contribution in [2.24, 2.45) is 4.99 Å². The molecule has 6 nitrogen and oxygen atoms in total. The Morgan fingerprint density at radius 1 is 1.19 bits per heavy atom. The summed E-state index contributed by atoms with van der Waals surface area (Å²) in [5.41, 5.74) is 2.68. The highest BCUT2D eigenvalue weighted by atomic mass is 35.5. The lowest BCUT2D eigenvalue weighted by Crippen LogP contribution is -2.36. The second-order valence-electron chi connectivity index (χ2n) is 5.91. The van der Waals surface area contributed by atoms with Gasteiger partial charge in [0.15, 0.2) is 15.8 Å². The Labute approximate surface area is 159 Å². The molecule has 0 fully saturated rings. The van der Waals surface area contributed by atoms with Crippen LogP contribution in [0.5, 0.6) is 0 Å². The molecule has 2 N–H and O–H groups in total. The molecule has 1 aromatic carbocycles. The summed E-state index contributed by atoms with van der Waals surface area (Å²) >= 11 is 5.78. The standard InChI is InChI=1S/C18H23ClN4O2S/c1-4-20-18(23-12-15-6-8-17(19)21-11-15)22-10-14-5-7-16(13(2)9-14)26(3,24)25/h5-9,11H,4,10,12H2,1-3H3,(H2,20,22,23). The van der Waals surface area contributed by atoms with Crippen molar-refractivity contribution < 1.29 is 8.42 Å². The number of aromatic nitrogens is 1. The van der Waals surface area contributed by atoms with E-state index in [-0.39, 0.29) is 0 Å². The number of aryl methyl sites for hydroxylation is 1. The number of hydrogen-bond donors (Lipinski definition) is 2. The second-order valence-corrected chi connectivity index (χ2v) is 8.28. The molecule has 1 heterocycles. The van der Waals surface area contributed by atoms with Gasteiger partial charge in [0.1, 0.15) is 5.15 Å². The van der Waals surface area contributed by atoms with Crippen LogP contribution < -0.4 is 10.6 Å². The number of hydrogen-bond acceptors (Lipinski definition) is 4. The van der Waals surface area contributed by atoms with Gasteiger partial charge in [-0.3, -0.25) is 0 Å². The number of nitrogens with zero attached hydrogens (tertiary/aromatic N) is 2. The van der Waals surface area contributed by atoms with Gasteiger partial charge in [-0.1, -0.05) is 29.8 Å². The maximum Gasteiger partial charge on any atom is 0.191 e. The Morgan fingerprint density at radius 3 is 2.50 bits per heavy atom. The predicted molar refractivity (Wildman–Crippen MR) is 105 cm³/mol. The molecule has 0 spiro atoms. The molecule has 0 aliphatic heterocycles. The van der Waals surface area contributed by atoms with Gasteiger partial charge in [0.2, 0.25) is 0 Å². The van der Waals surface area contributed by atoms with E-state index in [0.29, 0.717) is 29.1 Å². The van der Waals surface area contributed by atoms with Crippen molar-refractivity contribution in [1.29, 1.82) is 0 Å². The Bertz CT molecular complexity index is 881. The van der Waals surface area contributed by atoms with Crippen LogP contribution in [0.3, 0.4) is 0 Å². The van der Waals surface area contributed by atoms with E-state index in [2.05, 4.69) is 20.6 Å². The summed E-state index contributed by atoms with van der Waals surface area (Å²) in [7, 11) is -3.20. The van der Waals surface area contributed by atoms with Crippen LogP contribution in [-0.4, -0.2) is 32.2 Å². The molecule has 2 rings (SSSR count). The van der Waals surface area contributed by atoms with Crippen LogP contribution in [0.15, 0.2) is 46.4 Å². The first-order valence-corrected chi connectivity index (χ1v) is 10.5. The maximum absolute atomic E-state index is 11.7. The minimum absolute atomic E-state index is 0.358. The van der Waals surface area contributed by atoms with E-state index in [4.69, 9.17) is 11.6 Å². The zero-order valence-corrected chi connectivity index (χ0v) is 16.7. The Hall–Kier alpha value is -2.12. The Balaban J connectivity index is 2.05. The van der Waals surface area contributed by atoms with Crippen molar-refractivity contribution in [1.82, 2.24) is 15.6 Å². The van der Waals surface area contributed by atoms with Crippen LogP contribution in [-0.2, 0) is 22.9 Å². The molecule has 8 heteroatoms. The average molecular weight is 395 g/mol. The average Bonchev–Trinajstić information content (AvgIpc) is 2.57. The van der Waals surface area contributed by atoms with E-state index in [9.17, 15) is 8.42 Å². The number of nitrogens with one attached hydrogen (secondary N) is 2. The van der Waals surface area contributed by atoms with Crippen LogP contribution in [0.25, 0.3) is 0 Å². The van der Waals surface area contributed by atoms with Crippen LogP contribution in [0.1, 0.15) is 23.6 Å². The molecular weight excluding hydrogens is 372 g/mol. The third-order valence-corrected chi connectivity index (χ3v) is 5.13. The number of pyridine rings is 1. The van der Waals surface area contributed by atoms with Gasteiger partial charge in [-0.25, -0.2) is 18.4 Å². The van der Waals surface area contributed by atoms with Gasteiger partial charge < -0.3 is 10.6 Å². The maximum atomic E-state index is 11.7. The smallest absolute Gasteiger partial charge is 0.191 e. The third kappa shape index (κ3) is 6.00. The summed E-state index contributed by atoms with van der Waals surface area (Å²) in [5.74, 6) is 0.673. The predicted octanol–water partition coefficient (Wildman–Crippen LogP) is 2.70. The largest absolute Gasteiger partial charge is 0.357 e. The molecule has 0 aliphatic carbocycles. The van der Waals surface area contributed by atoms with Gasteiger partial charge in [0.25, 0.3) is 0 Å². The zero-order valence-electron chi connectivity index (χ0n) is 15.1. The summed E-state index contributed by atoms with van der Waals surface area (Å²) in [5, 5.41) is 6.88. The number of halogens is 1. The van der Waals surface area contributed by atoms with Gasteiger partial charge in [-0.15, -0.1) is 0 Å². The van der Waals surface area contributed by atoms with Gasteiger partial charge in [-0.2, -0.15) is 0 Å². The van der Waals surface area contributed by atoms with Crippen LogP contribution in [0, 0.1) is 6.92 Å². The van der Waals surface area contributed by atoms with Crippen LogP contribution in [0.2, 0.25) is 5.15 Å². The van der Waals surface area contributed by atoms with E-state index in [1.165, 1.54) is 6.26 Å². The first-order chi connectivity index (χ1) is 12.3. The van der Waals surface area contributed by atoms with Crippen molar-refractivity contribution in [3.8, 4) is 0 Å². The highest BCUT2D eigenvalue weighted by Crippen LogP contribution is 2.16. The lowest BCUT2D eigenvalue weighted by Gasteiger charge is -2.12. The number of guanidine groups is 1. The third-order valence-electron chi connectivity index (χ3n) is 3.65. The molecule has 1 aromatic heterocycles. The molecule has 2 aromatic rings. The minimum Gasteiger partial charge on any atom is -0.357 e. The summed E-state index contributed by atoms with van der Waals surface area (Å²) < 4.78 is 23.4. The summed E-state index contributed by atoms with van der Waals surface area (Å²) in [6.45, 7) is 5.54. The van der Waals surface area contributed by atoms with Crippen molar-refractivity contribution >= 4 is 27.4 Å². The normalized spacial score (nSPS) is 12.1.